The third-order valence-electron chi connectivity index (χ3n) is 4.86. The highest BCUT2D eigenvalue weighted by Gasteiger charge is 2.31. The van der Waals surface area contributed by atoms with E-state index in [1.807, 2.05) is 60.7 Å². The topological polar surface area (TPSA) is 82.1 Å². The van der Waals surface area contributed by atoms with Gasteiger partial charge in [0.2, 0.25) is 0 Å². The number of benzene rings is 3. The van der Waals surface area contributed by atoms with E-state index < -0.39 is 18.5 Å². The Balaban J connectivity index is 1.79. The minimum Gasteiger partial charge on any atom is -0.493 e. The zero-order valence-corrected chi connectivity index (χ0v) is 17.3. The number of carboxylic acid groups (broad SMARTS) is 1. The van der Waals surface area contributed by atoms with Crippen molar-refractivity contribution in [1.82, 2.24) is 0 Å². The van der Waals surface area contributed by atoms with Gasteiger partial charge in [0.05, 0.1) is 12.7 Å². The molecule has 0 amide bonds. The highest BCUT2D eigenvalue weighted by molar-refractivity contribution is 6.30. The fourth-order valence-electron chi connectivity index (χ4n) is 3.47. The first-order valence-corrected chi connectivity index (χ1v) is 9.89. The summed E-state index contributed by atoms with van der Waals surface area (Å²) in [6.07, 6.45) is 1.75. The molecule has 160 valence electrons. The van der Waals surface area contributed by atoms with Crippen LogP contribution in [-0.4, -0.2) is 30.8 Å². The van der Waals surface area contributed by atoms with Gasteiger partial charge >= 0.3 is 11.9 Å². The first-order valence-electron chi connectivity index (χ1n) is 9.89. The number of ether oxygens (including phenoxy) is 3. The highest BCUT2D eigenvalue weighted by Crippen LogP contribution is 2.41. The largest absolute Gasteiger partial charge is 0.493 e. The summed E-state index contributed by atoms with van der Waals surface area (Å²) < 4.78 is 16.3. The Hall–Kier alpha value is -4.32. The zero-order valence-electron chi connectivity index (χ0n) is 17.3. The van der Waals surface area contributed by atoms with E-state index in [1.54, 1.807) is 24.3 Å². The second-order valence-corrected chi connectivity index (χ2v) is 6.97. The Kier molecular flexibility index (Phi) is 6.03. The van der Waals surface area contributed by atoms with Gasteiger partial charge in [0.25, 0.3) is 0 Å². The van der Waals surface area contributed by atoms with Gasteiger partial charge in [-0.3, -0.25) is 0 Å². The molecule has 3 aromatic rings. The number of methoxy groups -OCH3 is 1. The standard InChI is InChI=1S/C26H20O6/c1-30-21-14-17(12-13-20(21)31-16-23(27)28)15-22-24(18-8-4-2-5-9-18)25(26(29)32-22)19-10-6-3-7-11-19/h2-15H,16H2,1H3,(H,27,28)/b22-15-. The second-order valence-electron chi connectivity index (χ2n) is 6.97. The molecule has 6 nitrogen and oxygen atoms in total. The van der Waals surface area contributed by atoms with E-state index in [2.05, 4.69) is 0 Å². The van der Waals surface area contributed by atoms with Crippen molar-refractivity contribution < 1.29 is 28.9 Å². The molecule has 0 atom stereocenters. The summed E-state index contributed by atoms with van der Waals surface area (Å²) >= 11 is 0. The number of hydrogen-bond donors (Lipinski definition) is 1. The van der Waals surface area contributed by atoms with E-state index in [1.165, 1.54) is 7.11 Å². The van der Waals surface area contributed by atoms with Gasteiger partial charge in [0.1, 0.15) is 5.76 Å². The zero-order chi connectivity index (χ0) is 22.5. The summed E-state index contributed by atoms with van der Waals surface area (Å²) in [6.45, 7) is -0.476. The molecule has 0 fully saturated rings. The van der Waals surface area contributed by atoms with Crippen molar-refractivity contribution in [3.8, 4) is 11.5 Å². The number of allylic oxidation sites excluding steroid dienone is 1. The van der Waals surface area contributed by atoms with Crippen molar-refractivity contribution in [2.75, 3.05) is 13.7 Å². The van der Waals surface area contributed by atoms with E-state index in [0.29, 0.717) is 34.0 Å². The van der Waals surface area contributed by atoms with E-state index in [9.17, 15) is 9.59 Å². The average Bonchev–Trinajstić information content (AvgIpc) is 3.14. The molecule has 0 bridgehead atoms. The fraction of sp³-hybridized carbons (Fsp3) is 0.0769. The Morgan fingerprint density at radius 2 is 1.53 bits per heavy atom. The van der Waals surface area contributed by atoms with Crippen LogP contribution in [0.3, 0.4) is 0 Å². The lowest BCUT2D eigenvalue weighted by Crippen LogP contribution is -2.10. The maximum absolute atomic E-state index is 12.9. The summed E-state index contributed by atoms with van der Waals surface area (Å²) in [5, 5.41) is 8.83. The highest BCUT2D eigenvalue weighted by atomic mass is 16.5. The van der Waals surface area contributed by atoms with Gasteiger partial charge in [0, 0.05) is 5.57 Å². The number of rotatable bonds is 7. The van der Waals surface area contributed by atoms with Crippen molar-refractivity contribution in [1.29, 1.82) is 0 Å². The molecule has 1 N–H and O–H groups in total. The molecule has 0 unspecified atom stereocenters. The van der Waals surface area contributed by atoms with Crippen LogP contribution in [0.2, 0.25) is 0 Å². The molecule has 1 aliphatic rings. The quantitative estimate of drug-likeness (QED) is 0.551. The van der Waals surface area contributed by atoms with E-state index >= 15 is 0 Å². The summed E-state index contributed by atoms with van der Waals surface area (Å²) in [7, 11) is 1.47. The van der Waals surface area contributed by atoms with Gasteiger partial charge in [-0.2, -0.15) is 0 Å². The van der Waals surface area contributed by atoms with Crippen molar-refractivity contribution in [2.45, 2.75) is 0 Å². The van der Waals surface area contributed by atoms with Gasteiger partial charge in [-0.25, -0.2) is 9.59 Å². The van der Waals surface area contributed by atoms with E-state index in [4.69, 9.17) is 19.3 Å². The monoisotopic (exact) mass is 428 g/mol. The minimum atomic E-state index is -1.08. The third kappa shape index (κ3) is 4.39. The van der Waals surface area contributed by atoms with Crippen LogP contribution in [0.25, 0.3) is 17.2 Å². The number of carbonyl (C=O) groups excluding carboxylic acids is 1. The number of hydrogen-bond acceptors (Lipinski definition) is 5. The molecule has 32 heavy (non-hydrogen) atoms. The van der Waals surface area contributed by atoms with Crippen LogP contribution in [0.4, 0.5) is 0 Å². The molecule has 1 heterocycles. The molecular weight excluding hydrogens is 408 g/mol. The van der Waals surface area contributed by atoms with Gasteiger partial charge < -0.3 is 19.3 Å². The van der Waals surface area contributed by atoms with E-state index in [-0.39, 0.29) is 0 Å². The molecule has 3 aromatic carbocycles. The predicted octanol–water partition coefficient (Wildman–Crippen LogP) is 4.67. The molecule has 0 aromatic heterocycles. The van der Waals surface area contributed by atoms with Gasteiger partial charge in [-0.05, 0) is 34.9 Å². The number of carboxylic acids is 1. The van der Waals surface area contributed by atoms with Crippen LogP contribution >= 0.6 is 0 Å². The molecule has 0 saturated heterocycles. The maximum atomic E-state index is 12.9. The number of esters is 1. The normalized spacial score (nSPS) is 14.4. The van der Waals surface area contributed by atoms with Crippen molar-refractivity contribution >= 4 is 29.2 Å². The van der Waals surface area contributed by atoms with Gasteiger partial charge in [0.15, 0.2) is 18.1 Å². The second kappa shape index (κ2) is 9.22. The molecule has 0 saturated carbocycles. The molecule has 6 heteroatoms. The molecule has 0 spiro atoms. The Morgan fingerprint density at radius 3 is 2.12 bits per heavy atom. The Labute approximate surface area is 185 Å². The van der Waals surface area contributed by atoms with Crippen molar-refractivity contribution in [3.05, 3.63) is 101 Å². The van der Waals surface area contributed by atoms with Crippen LogP contribution in [0.1, 0.15) is 16.7 Å². The van der Waals surface area contributed by atoms with E-state index in [0.717, 1.165) is 11.1 Å². The minimum absolute atomic E-state index is 0.310. The lowest BCUT2D eigenvalue weighted by atomic mass is 9.94. The van der Waals surface area contributed by atoms with Crippen LogP contribution in [-0.2, 0) is 14.3 Å². The maximum Gasteiger partial charge on any atom is 0.344 e. The lowest BCUT2D eigenvalue weighted by molar-refractivity contribution is -0.139. The van der Waals surface area contributed by atoms with Gasteiger partial charge in [-0.1, -0.05) is 66.7 Å². The Bertz CT molecular complexity index is 1210. The number of carbonyl (C=O) groups is 2. The van der Waals surface area contributed by atoms with Crippen LogP contribution < -0.4 is 9.47 Å². The number of aliphatic carboxylic acids is 1. The van der Waals surface area contributed by atoms with Crippen molar-refractivity contribution in [2.24, 2.45) is 0 Å². The van der Waals surface area contributed by atoms with Crippen LogP contribution in [0, 0.1) is 0 Å². The first kappa shape index (κ1) is 20.9. The molecular formula is C26H20O6. The first-order chi connectivity index (χ1) is 15.6. The summed E-state index contributed by atoms with van der Waals surface area (Å²) in [5.74, 6) is -0.402. The number of cyclic esters (lactones) is 1. The summed E-state index contributed by atoms with van der Waals surface area (Å²) in [5.41, 5.74) is 3.53. The summed E-state index contributed by atoms with van der Waals surface area (Å²) in [6, 6.07) is 24.0. The fourth-order valence-corrected chi connectivity index (χ4v) is 3.47. The van der Waals surface area contributed by atoms with Crippen molar-refractivity contribution in [3.63, 3.8) is 0 Å². The smallest absolute Gasteiger partial charge is 0.344 e. The average molecular weight is 428 g/mol. The SMILES string of the molecule is COc1cc(/C=C2\OC(=O)C(c3ccccc3)=C2c2ccccc2)ccc1OCC(=O)O. The Morgan fingerprint density at radius 1 is 0.906 bits per heavy atom. The molecule has 0 aliphatic carbocycles. The van der Waals surface area contributed by atoms with Crippen LogP contribution in [0.5, 0.6) is 11.5 Å². The lowest BCUT2D eigenvalue weighted by Gasteiger charge is -2.10. The molecule has 1 aliphatic heterocycles. The van der Waals surface area contributed by atoms with Crippen LogP contribution in [0.15, 0.2) is 84.6 Å². The predicted molar refractivity (Wildman–Crippen MR) is 120 cm³/mol. The van der Waals surface area contributed by atoms with Gasteiger partial charge in [-0.15, -0.1) is 0 Å². The summed E-state index contributed by atoms with van der Waals surface area (Å²) in [4.78, 5) is 23.7. The molecule has 0 radical (unpaired) electrons. The third-order valence-corrected chi connectivity index (χ3v) is 4.86. The molecule has 4 rings (SSSR count).